The van der Waals surface area contributed by atoms with Crippen molar-refractivity contribution >= 4 is 11.0 Å². The number of rotatable bonds is 3. The zero-order valence-corrected chi connectivity index (χ0v) is 11.2. The first-order chi connectivity index (χ1) is 9.24. The Hall–Kier alpha value is -1.46. The number of fused-ring (bicyclic) bond motifs is 1. The summed E-state index contributed by atoms with van der Waals surface area (Å²) in [6, 6.07) is 5.24. The summed E-state index contributed by atoms with van der Waals surface area (Å²) in [4.78, 5) is 4.50. The Labute approximate surface area is 111 Å². The van der Waals surface area contributed by atoms with E-state index in [1.807, 2.05) is 6.07 Å². The lowest BCUT2D eigenvalue weighted by Crippen LogP contribution is -2.18. The lowest BCUT2D eigenvalue weighted by atomic mass is 10.2. The number of nitrogens with one attached hydrogen (secondary N) is 1. The molecule has 2 heterocycles. The minimum atomic E-state index is -0.257. The summed E-state index contributed by atoms with van der Waals surface area (Å²) in [5, 5.41) is 3.40. The number of para-hydroxylation sites is 1. The SMILES string of the molecule is CCn1c(C2CC(OC)CN2)nc2c(F)cccc21. The van der Waals surface area contributed by atoms with Crippen LogP contribution >= 0.6 is 0 Å². The molecule has 1 aliphatic heterocycles. The second-order valence-corrected chi connectivity index (χ2v) is 4.88. The quantitative estimate of drug-likeness (QED) is 0.923. The second kappa shape index (κ2) is 4.90. The zero-order valence-electron chi connectivity index (χ0n) is 11.2. The van der Waals surface area contributed by atoms with Crippen LogP contribution in [0.5, 0.6) is 0 Å². The van der Waals surface area contributed by atoms with Crippen molar-refractivity contribution in [2.24, 2.45) is 0 Å². The number of aryl methyl sites for hydroxylation is 1. The van der Waals surface area contributed by atoms with Gasteiger partial charge in [0.25, 0.3) is 0 Å². The normalized spacial score (nSPS) is 23.3. The summed E-state index contributed by atoms with van der Waals surface area (Å²) in [6.45, 7) is 3.65. The molecule has 1 aliphatic rings. The van der Waals surface area contributed by atoms with E-state index in [1.54, 1.807) is 13.2 Å². The average Bonchev–Trinajstić information content (AvgIpc) is 3.02. The first-order valence-corrected chi connectivity index (χ1v) is 6.65. The molecule has 0 saturated carbocycles. The van der Waals surface area contributed by atoms with Crippen molar-refractivity contribution in [3.05, 3.63) is 29.8 Å². The van der Waals surface area contributed by atoms with Gasteiger partial charge in [-0.05, 0) is 25.5 Å². The highest BCUT2D eigenvalue weighted by Gasteiger charge is 2.29. The molecule has 1 N–H and O–H groups in total. The number of methoxy groups -OCH3 is 1. The lowest BCUT2D eigenvalue weighted by Gasteiger charge is -2.12. The van der Waals surface area contributed by atoms with Crippen LogP contribution in [0.15, 0.2) is 18.2 Å². The van der Waals surface area contributed by atoms with E-state index in [0.29, 0.717) is 5.52 Å². The van der Waals surface area contributed by atoms with Gasteiger partial charge >= 0.3 is 0 Å². The Morgan fingerprint density at radius 2 is 2.37 bits per heavy atom. The molecule has 19 heavy (non-hydrogen) atoms. The molecule has 2 unspecified atom stereocenters. The van der Waals surface area contributed by atoms with Crippen molar-refractivity contribution < 1.29 is 9.13 Å². The van der Waals surface area contributed by atoms with Crippen molar-refractivity contribution in [2.45, 2.75) is 32.0 Å². The fourth-order valence-electron chi connectivity index (χ4n) is 2.81. The van der Waals surface area contributed by atoms with E-state index in [9.17, 15) is 4.39 Å². The smallest absolute Gasteiger partial charge is 0.151 e. The first kappa shape index (κ1) is 12.6. The number of nitrogens with zero attached hydrogens (tertiary/aromatic N) is 2. The molecule has 2 atom stereocenters. The molecular weight excluding hydrogens is 245 g/mol. The summed E-state index contributed by atoms with van der Waals surface area (Å²) < 4.78 is 21.3. The summed E-state index contributed by atoms with van der Waals surface area (Å²) in [7, 11) is 1.72. The Kier molecular flexibility index (Phi) is 3.24. The fraction of sp³-hybridized carbons (Fsp3) is 0.500. The van der Waals surface area contributed by atoms with Crippen LogP contribution in [-0.4, -0.2) is 29.3 Å². The van der Waals surface area contributed by atoms with Crippen LogP contribution in [0, 0.1) is 5.82 Å². The van der Waals surface area contributed by atoms with E-state index in [1.165, 1.54) is 6.07 Å². The van der Waals surface area contributed by atoms with Crippen LogP contribution in [0.3, 0.4) is 0 Å². The Bertz CT molecular complexity index is 596. The Morgan fingerprint density at radius 1 is 1.53 bits per heavy atom. The average molecular weight is 263 g/mol. The molecule has 4 nitrogen and oxygen atoms in total. The van der Waals surface area contributed by atoms with Crippen molar-refractivity contribution in [1.29, 1.82) is 0 Å². The zero-order chi connectivity index (χ0) is 13.4. The van der Waals surface area contributed by atoms with Crippen molar-refractivity contribution in [1.82, 2.24) is 14.9 Å². The summed E-state index contributed by atoms with van der Waals surface area (Å²) in [5.74, 6) is 0.648. The maximum Gasteiger partial charge on any atom is 0.151 e. The number of ether oxygens (including phenoxy) is 1. The third-order valence-corrected chi connectivity index (χ3v) is 3.81. The van der Waals surface area contributed by atoms with E-state index < -0.39 is 0 Å². The number of aromatic nitrogens is 2. The minimum absolute atomic E-state index is 0.136. The van der Waals surface area contributed by atoms with Gasteiger partial charge in [0.15, 0.2) is 5.82 Å². The number of hydrogen-bond acceptors (Lipinski definition) is 3. The molecule has 102 valence electrons. The van der Waals surface area contributed by atoms with E-state index in [2.05, 4.69) is 21.8 Å². The second-order valence-electron chi connectivity index (χ2n) is 4.88. The van der Waals surface area contributed by atoms with Crippen LogP contribution in [0.4, 0.5) is 4.39 Å². The molecule has 1 aromatic heterocycles. The van der Waals surface area contributed by atoms with Gasteiger partial charge in [-0.1, -0.05) is 6.07 Å². The van der Waals surface area contributed by atoms with Gasteiger partial charge in [0.2, 0.25) is 0 Å². The van der Waals surface area contributed by atoms with Crippen LogP contribution < -0.4 is 5.32 Å². The predicted octanol–water partition coefficient (Wildman–Crippen LogP) is 2.24. The maximum absolute atomic E-state index is 13.8. The Balaban J connectivity index is 2.06. The molecule has 0 aliphatic carbocycles. The van der Waals surface area contributed by atoms with Crippen LogP contribution in [0.2, 0.25) is 0 Å². The predicted molar refractivity (Wildman–Crippen MR) is 71.5 cm³/mol. The van der Waals surface area contributed by atoms with Crippen LogP contribution in [0.25, 0.3) is 11.0 Å². The molecule has 0 radical (unpaired) electrons. The van der Waals surface area contributed by atoms with Crippen LogP contribution in [-0.2, 0) is 11.3 Å². The molecule has 0 amide bonds. The van der Waals surface area contributed by atoms with E-state index >= 15 is 0 Å². The van der Waals surface area contributed by atoms with Crippen molar-refractivity contribution in [3.8, 4) is 0 Å². The summed E-state index contributed by atoms with van der Waals surface area (Å²) in [5.41, 5.74) is 1.32. The fourth-order valence-corrected chi connectivity index (χ4v) is 2.81. The summed E-state index contributed by atoms with van der Waals surface area (Å²) >= 11 is 0. The highest BCUT2D eigenvalue weighted by Crippen LogP contribution is 2.28. The van der Waals surface area contributed by atoms with Crippen molar-refractivity contribution in [3.63, 3.8) is 0 Å². The van der Waals surface area contributed by atoms with E-state index in [0.717, 1.165) is 30.9 Å². The van der Waals surface area contributed by atoms with Gasteiger partial charge in [0.1, 0.15) is 11.3 Å². The van der Waals surface area contributed by atoms with E-state index in [4.69, 9.17) is 4.74 Å². The summed E-state index contributed by atoms with van der Waals surface area (Å²) in [6.07, 6.45) is 1.08. The largest absolute Gasteiger partial charge is 0.380 e. The van der Waals surface area contributed by atoms with Gasteiger partial charge in [0, 0.05) is 20.2 Å². The standard InChI is InChI=1S/C14H18FN3O/c1-3-18-12-6-4-5-10(15)13(12)17-14(18)11-7-9(19-2)8-16-11/h4-6,9,11,16H,3,7-8H2,1-2H3. The topological polar surface area (TPSA) is 39.1 Å². The third kappa shape index (κ3) is 2.03. The molecule has 0 spiro atoms. The van der Waals surface area contributed by atoms with Crippen molar-refractivity contribution in [2.75, 3.05) is 13.7 Å². The van der Waals surface area contributed by atoms with Gasteiger partial charge in [-0.2, -0.15) is 0 Å². The van der Waals surface area contributed by atoms with Crippen LogP contribution in [0.1, 0.15) is 25.2 Å². The molecule has 3 rings (SSSR count). The molecule has 1 fully saturated rings. The highest BCUT2D eigenvalue weighted by molar-refractivity contribution is 5.76. The first-order valence-electron chi connectivity index (χ1n) is 6.65. The van der Waals surface area contributed by atoms with E-state index in [-0.39, 0.29) is 18.0 Å². The molecule has 2 aromatic rings. The van der Waals surface area contributed by atoms with Gasteiger partial charge in [0.05, 0.1) is 17.7 Å². The molecular formula is C14H18FN3O. The molecule has 1 saturated heterocycles. The lowest BCUT2D eigenvalue weighted by molar-refractivity contribution is 0.117. The van der Waals surface area contributed by atoms with Gasteiger partial charge in [-0.25, -0.2) is 9.37 Å². The van der Waals surface area contributed by atoms with Gasteiger partial charge in [-0.15, -0.1) is 0 Å². The monoisotopic (exact) mass is 263 g/mol. The Morgan fingerprint density at radius 3 is 3.05 bits per heavy atom. The highest BCUT2D eigenvalue weighted by atomic mass is 19.1. The molecule has 0 bridgehead atoms. The maximum atomic E-state index is 13.8. The number of benzene rings is 1. The van der Waals surface area contributed by atoms with Gasteiger partial charge in [-0.3, -0.25) is 0 Å². The van der Waals surface area contributed by atoms with Gasteiger partial charge < -0.3 is 14.6 Å². The molecule has 1 aromatic carbocycles. The number of halogens is 1. The number of imidazole rings is 1. The molecule has 5 heteroatoms. The third-order valence-electron chi connectivity index (χ3n) is 3.81. The number of hydrogen-bond donors (Lipinski definition) is 1. The minimum Gasteiger partial charge on any atom is -0.380 e.